The Morgan fingerprint density at radius 2 is 2.12 bits per heavy atom. The number of rotatable bonds is 5. The summed E-state index contributed by atoms with van der Waals surface area (Å²) in [6.45, 7) is 2.72. The lowest BCUT2D eigenvalue weighted by molar-refractivity contribution is 0.310. The Balaban J connectivity index is 1.79. The van der Waals surface area contributed by atoms with Crippen LogP contribution in [0.4, 0.5) is 5.82 Å². The van der Waals surface area contributed by atoms with Crippen molar-refractivity contribution in [3.8, 4) is 17.3 Å². The van der Waals surface area contributed by atoms with E-state index >= 15 is 0 Å². The lowest BCUT2D eigenvalue weighted by Crippen LogP contribution is -2.00. The third-order valence-corrected chi connectivity index (χ3v) is 4.92. The molecule has 1 aromatic carbocycles. The first kappa shape index (κ1) is 16.4. The maximum atomic E-state index is 5.83. The van der Waals surface area contributed by atoms with E-state index in [1.165, 1.54) is 11.8 Å². The molecule has 132 valence electrons. The van der Waals surface area contributed by atoms with Crippen molar-refractivity contribution in [3.63, 3.8) is 0 Å². The molecular weight excluding hydrogens is 352 g/mol. The number of nitrogens with two attached hydrogens (primary N) is 1. The second-order valence-corrected chi connectivity index (χ2v) is 6.50. The number of para-hydroxylation sites is 1. The molecule has 0 aliphatic rings. The molecule has 8 nitrogen and oxygen atoms in total. The van der Waals surface area contributed by atoms with Gasteiger partial charge in [0.2, 0.25) is 0 Å². The maximum absolute atomic E-state index is 5.83. The third-order valence-electron chi connectivity index (χ3n) is 3.94. The minimum atomic E-state index is 0.214. The summed E-state index contributed by atoms with van der Waals surface area (Å²) in [4.78, 5) is 10.1. The van der Waals surface area contributed by atoms with Gasteiger partial charge in [-0.25, -0.2) is 14.6 Å². The van der Waals surface area contributed by atoms with Gasteiger partial charge in [0.05, 0.1) is 23.7 Å². The monoisotopic (exact) mass is 368 g/mol. The smallest absolute Gasteiger partial charge is 0.199 e. The molecular formula is C17H16N6O2S. The van der Waals surface area contributed by atoms with E-state index in [9.17, 15) is 0 Å². The Morgan fingerprint density at radius 3 is 2.85 bits per heavy atom. The van der Waals surface area contributed by atoms with Gasteiger partial charge < -0.3 is 15.0 Å². The first-order valence-electron chi connectivity index (χ1n) is 7.96. The van der Waals surface area contributed by atoms with Crippen molar-refractivity contribution in [1.82, 2.24) is 24.8 Å². The number of nitrogen functional groups attached to an aromatic ring is 1. The molecule has 9 heteroatoms. The summed E-state index contributed by atoms with van der Waals surface area (Å²) in [6.07, 6.45) is 1.74. The van der Waals surface area contributed by atoms with Crippen molar-refractivity contribution in [3.05, 3.63) is 36.5 Å². The van der Waals surface area contributed by atoms with Gasteiger partial charge in [0, 0.05) is 6.54 Å². The third kappa shape index (κ3) is 2.76. The number of hydrogen-bond donors (Lipinski definition) is 1. The highest BCUT2D eigenvalue weighted by Crippen LogP contribution is 2.35. The van der Waals surface area contributed by atoms with E-state index in [-0.39, 0.29) is 5.82 Å². The van der Waals surface area contributed by atoms with Gasteiger partial charge in [-0.1, -0.05) is 23.9 Å². The molecule has 0 aliphatic heterocycles. The Kier molecular flexibility index (Phi) is 4.21. The van der Waals surface area contributed by atoms with Crippen molar-refractivity contribution in [2.75, 3.05) is 12.8 Å². The predicted octanol–water partition coefficient (Wildman–Crippen LogP) is 3.24. The van der Waals surface area contributed by atoms with E-state index in [0.717, 1.165) is 26.7 Å². The van der Waals surface area contributed by atoms with E-state index in [1.807, 2.05) is 41.8 Å². The van der Waals surface area contributed by atoms with Crippen molar-refractivity contribution in [2.24, 2.45) is 0 Å². The van der Waals surface area contributed by atoms with Gasteiger partial charge in [-0.05, 0) is 35.4 Å². The van der Waals surface area contributed by atoms with Gasteiger partial charge >= 0.3 is 0 Å². The van der Waals surface area contributed by atoms with Crippen LogP contribution in [-0.4, -0.2) is 32.0 Å². The molecule has 2 N–H and O–H groups in total. The fraction of sp³-hybridized carbons (Fsp3) is 0.176. The van der Waals surface area contributed by atoms with Crippen LogP contribution in [0.25, 0.3) is 22.6 Å². The maximum Gasteiger partial charge on any atom is 0.199 e. The molecule has 0 amide bonds. The molecule has 3 aromatic heterocycles. The summed E-state index contributed by atoms with van der Waals surface area (Å²) in [5, 5.41) is 8.34. The lowest BCUT2D eigenvalue weighted by atomic mass is 10.3. The summed E-state index contributed by atoms with van der Waals surface area (Å²) in [5.74, 6) is 1.64. The molecule has 0 radical (unpaired) electrons. The summed E-state index contributed by atoms with van der Waals surface area (Å²) < 4.78 is 12.1. The van der Waals surface area contributed by atoms with Gasteiger partial charge in [0.25, 0.3) is 0 Å². The second kappa shape index (κ2) is 6.68. The Bertz CT molecular complexity index is 1070. The number of aromatic nitrogens is 5. The number of imidazole rings is 1. The van der Waals surface area contributed by atoms with Crippen molar-refractivity contribution in [2.45, 2.75) is 23.4 Å². The van der Waals surface area contributed by atoms with E-state index in [2.05, 4.69) is 20.3 Å². The van der Waals surface area contributed by atoms with Gasteiger partial charge in [0.15, 0.2) is 17.3 Å². The van der Waals surface area contributed by atoms with Crippen LogP contribution in [0, 0.1) is 0 Å². The van der Waals surface area contributed by atoms with Gasteiger partial charge in [-0.2, -0.15) is 0 Å². The number of benzene rings is 1. The average Bonchev–Trinajstić information content (AvgIpc) is 3.24. The van der Waals surface area contributed by atoms with Crippen LogP contribution in [-0.2, 0) is 6.54 Å². The highest BCUT2D eigenvalue weighted by Gasteiger charge is 2.19. The molecule has 0 aliphatic carbocycles. The van der Waals surface area contributed by atoms with E-state index < -0.39 is 0 Å². The predicted molar refractivity (Wildman–Crippen MR) is 98.0 cm³/mol. The number of ether oxygens (including phenoxy) is 1. The van der Waals surface area contributed by atoms with Crippen LogP contribution in [0.2, 0.25) is 0 Å². The highest BCUT2D eigenvalue weighted by atomic mass is 32.2. The van der Waals surface area contributed by atoms with E-state index in [4.69, 9.17) is 15.1 Å². The zero-order valence-corrected chi connectivity index (χ0v) is 15.0. The van der Waals surface area contributed by atoms with E-state index in [0.29, 0.717) is 18.1 Å². The molecule has 3 heterocycles. The molecule has 4 aromatic rings. The summed E-state index contributed by atoms with van der Waals surface area (Å²) >= 11 is 1.53. The minimum absolute atomic E-state index is 0.214. The number of fused-ring (bicyclic) bond motifs is 1. The Hall–Kier alpha value is -3.07. The first-order valence-corrected chi connectivity index (χ1v) is 8.78. The van der Waals surface area contributed by atoms with E-state index in [1.54, 1.807) is 13.3 Å². The molecule has 26 heavy (non-hydrogen) atoms. The number of methoxy groups -OCH3 is 1. The number of pyridine rings is 1. The molecule has 0 unspecified atom stereocenters. The first-order chi connectivity index (χ1) is 12.7. The van der Waals surface area contributed by atoms with Crippen LogP contribution in [0.5, 0.6) is 5.75 Å². The second-order valence-electron chi connectivity index (χ2n) is 5.44. The Morgan fingerprint density at radius 1 is 1.27 bits per heavy atom. The SMILES string of the molecule is CCn1c(-c2nonc2N)nc2cnc(Sc3ccccc3OC)cc21. The highest BCUT2D eigenvalue weighted by molar-refractivity contribution is 7.99. The summed E-state index contributed by atoms with van der Waals surface area (Å²) in [7, 11) is 1.66. The van der Waals surface area contributed by atoms with Crippen molar-refractivity contribution < 1.29 is 9.37 Å². The molecule has 0 fully saturated rings. The number of anilines is 1. The standard InChI is InChI=1S/C17H16N6O2S/c1-3-23-11-8-14(26-13-7-5-4-6-12(13)24-2)19-9-10(11)20-17(23)15-16(18)22-25-21-15/h4-9H,3H2,1-2H3,(H2,18,22). The van der Waals surface area contributed by atoms with Crippen molar-refractivity contribution >= 4 is 28.6 Å². The number of nitrogens with zero attached hydrogens (tertiary/aromatic N) is 5. The molecule has 0 saturated heterocycles. The minimum Gasteiger partial charge on any atom is -0.496 e. The zero-order chi connectivity index (χ0) is 18.1. The molecule has 0 atom stereocenters. The average molecular weight is 368 g/mol. The quantitative estimate of drug-likeness (QED) is 0.572. The topological polar surface area (TPSA) is 105 Å². The summed E-state index contributed by atoms with van der Waals surface area (Å²) in [6, 6.07) is 9.83. The number of hydrogen-bond acceptors (Lipinski definition) is 8. The van der Waals surface area contributed by atoms with Crippen LogP contribution >= 0.6 is 11.8 Å². The van der Waals surface area contributed by atoms with Crippen LogP contribution in [0.15, 0.2) is 51.1 Å². The molecule has 0 saturated carbocycles. The van der Waals surface area contributed by atoms with Crippen LogP contribution < -0.4 is 10.5 Å². The lowest BCUT2D eigenvalue weighted by Gasteiger charge is -2.08. The Labute approximate surface area is 153 Å². The van der Waals surface area contributed by atoms with Crippen LogP contribution in [0.1, 0.15) is 6.92 Å². The fourth-order valence-electron chi connectivity index (χ4n) is 2.73. The van der Waals surface area contributed by atoms with Gasteiger partial charge in [0.1, 0.15) is 16.3 Å². The fourth-order valence-corrected chi connectivity index (χ4v) is 3.63. The van der Waals surface area contributed by atoms with Gasteiger partial charge in [-0.15, -0.1) is 0 Å². The zero-order valence-electron chi connectivity index (χ0n) is 14.2. The molecule has 0 spiro atoms. The normalized spacial score (nSPS) is 11.2. The molecule has 4 rings (SSSR count). The largest absolute Gasteiger partial charge is 0.496 e. The van der Waals surface area contributed by atoms with Gasteiger partial charge in [-0.3, -0.25) is 0 Å². The van der Waals surface area contributed by atoms with Crippen molar-refractivity contribution in [1.29, 1.82) is 0 Å². The molecule has 0 bridgehead atoms. The summed E-state index contributed by atoms with van der Waals surface area (Å²) in [5.41, 5.74) is 7.96. The van der Waals surface area contributed by atoms with Crippen LogP contribution in [0.3, 0.4) is 0 Å². The number of aryl methyl sites for hydroxylation is 1.